The van der Waals surface area contributed by atoms with Gasteiger partial charge in [-0.3, -0.25) is 0 Å². The van der Waals surface area contributed by atoms with Gasteiger partial charge in [0.2, 0.25) is 0 Å². The van der Waals surface area contributed by atoms with Crippen molar-refractivity contribution in [2.24, 2.45) is 0 Å². The fourth-order valence-corrected chi connectivity index (χ4v) is 1.46. The Morgan fingerprint density at radius 2 is 1.88 bits per heavy atom. The number of hydrogen-bond acceptors (Lipinski definition) is 4. The summed E-state index contributed by atoms with van der Waals surface area (Å²) >= 11 is 0. The second kappa shape index (κ2) is 4.65. The maximum absolute atomic E-state index is 11.3. The molecule has 86 valence electrons. The summed E-state index contributed by atoms with van der Waals surface area (Å²) in [4.78, 5) is 22.7. The van der Waals surface area contributed by atoms with Crippen LogP contribution < -0.4 is 5.63 Å². The standard InChI is InChI=1S/C13H10O4/c1-16-12(14)11-7-10(8-17-13(11)15)9-5-3-2-4-6-9/h2-8H,1H3. The summed E-state index contributed by atoms with van der Waals surface area (Å²) in [6, 6.07) is 10.8. The first-order valence-corrected chi connectivity index (χ1v) is 4.99. The summed E-state index contributed by atoms with van der Waals surface area (Å²) in [5, 5.41) is 0. The average Bonchev–Trinajstić information content (AvgIpc) is 2.39. The molecule has 0 saturated heterocycles. The molecule has 17 heavy (non-hydrogen) atoms. The van der Waals surface area contributed by atoms with Gasteiger partial charge in [-0.05, 0) is 11.6 Å². The predicted molar refractivity (Wildman–Crippen MR) is 61.8 cm³/mol. The van der Waals surface area contributed by atoms with Gasteiger partial charge in [0.25, 0.3) is 0 Å². The fraction of sp³-hybridized carbons (Fsp3) is 0.0769. The van der Waals surface area contributed by atoms with Gasteiger partial charge in [0.1, 0.15) is 11.8 Å². The van der Waals surface area contributed by atoms with Gasteiger partial charge in [0.15, 0.2) is 0 Å². The van der Waals surface area contributed by atoms with E-state index in [2.05, 4.69) is 4.74 Å². The van der Waals surface area contributed by atoms with Gasteiger partial charge < -0.3 is 9.15 Å². The van der Waals surface area contributed by atoms with E-state index in [1.54, 1.807) is 0 Å². The van der Waals surface area contributed by atoms with Gasteiger partial charge >= 0.3 is 11.6 Å². The van der Waals surface area contributed by atoms with Gasteiger partial charge in [-0.15, -0.1) is 0 Å². The highest BCUT2D eigenvalue weighted by atomic mass is 16.5. The van der Waals surface area contributed by atoms with Crippen LogP contribution in [0.15, 0.2) is 51.9 Å². The Morgan fingerprint density at radius 3 is 2.53 bits per heavy atom. The fourth-order valence-electron chi connectivity index (χ4n) is 1.46. The van der Waals surface area contributed by atoms with Crippen LogP contribution in [0.5, 0.6) is 0 Å². The molecule has 0 fully saturated rings. The molecule has 0 aliphatic heterocycles. The molecular weight excluding hydrogens is 220 g/mol. The van der Waals surface area contributed by atoms with E-state index in [0.29, 0.717) is 5.56 Å². The molecule has 0 aliphatic rings. The maximum Gasteiger partial charge on any atom is 0.350 e. The Bertz CT molecular complexity index is 584. The topological polar surface area (TPSA) is 56.5 Å². The van der Waals surface area contributed by atoms with Crippen molar-refractivity contribution >= 4 is 5.97 Å². The maximum atomic E-state index is 11.3. The highest BCUT2D eigenvalue weighted by Crippen LogP contribution is 2.18. The second-order valence-corrected chi connectivity index (χ2v) is 3.39. The van der Waals surface area contributed by atoms with Crippen molar-refractivity contribution in [3.63, 3.8) is 0 Å². The molecule has 0 amide bonds. The lowest BCUT2D eigenvalue weighted by Crippen LogP contribution is -2.14. The monoisotopic (exact) mass is 230 g/mol. The minimum atomic E-state index is -0.698. The number of carbonyl (C=O) groups excluding carboxylic acids is 1. The summed E-state index contributed by atoms with van der Waals surface area (Å²) in [7, 11) is 1.22. The van der Waals surface area contributed by atoms with Crippen LogP contribution >= 0.6 is 0 Å². The molecule has 4 nitrogen and oxygen atoms in total. The molecule has 1 aromatic carbocycles. The van der Waals surface area contributed by atoms with E-state index in [-0.39, 0.29) is 5.56 Å². The Labute approximate surface area is 97.5 Å². The van der Waals surface area contributed by atoms with Crippen LogP contribution in [0, 0.1) is 0 Å². The average molecular weight is 230 g/mol. The van der Waals surface area contributed by atoms with Crippen molar-refractivity contribution in [1.82, 2.24) is 0 Å². The molecule has 0 radical (unpaired) electrons. The Kier molecular flexibility index (Phi) is 3.05. The molecular formula is C13H10O4. The minimum absolute atomic E-state index is 0.103. The smallest absolute Gasteiger partial charge is 0.350 e. The molecule has 0 N–H and O–H groups in total. The lowest BCUT2D eigenvalue weighted by atomic mass is 10.1. The summed E-state index contributed by atoms with van der Waals surface area (Å²) in [6.45, 7) is 0. The van der Waals surface area contributed by atoms with Crippen molar-refractivity contribution in [3.8, 4) is 11.1 Å². The first-order chi connectivity index (χ1) is 8.22. The zero-order valence-corrected chi connectivity index (χ0v) is 9.17. The number of methoxy groups -OCH3 is 1. The quantitative estimate of drug-likeness (QED) is 0.741. The summed E-state index contributed by atoms with van der Waals surface area (Å²) in [5.41, 5.74) is 0.720. The van der Waals surface area contributed by atoms with Gasteiger partial charge in [0.05, 0.1) is 7.11 Å². The normalized spacial score (nSPS) is 9.94. The largest absolute Gasteiger partial charge is 0.465 e. The van der Waals surface area contributed by atoms with Crippen molar-refractivity contribution < 1.29 is 13.9 Å². The van der Waals surface area contributed by atoms with Gasteiger partial charge in [-0.25, -0.2) is 9.59 Å². The number of benzene rings is 1. The second-order valence-electron chi connectivity index (χ2n) is 3.39. The first-order valence-electron chi connectivity index (χ1n) is 4.99. The lowest BCUT2D eigenvalue weighted by Gasteiger charge is -2.02. The lowest BCUT2D eigenvalue weighted by molar-refractivity contribution is 0.0595. The first kappa shape index (κ1) is 11.1. The molecule has 4 heteroatoms. The summed E-state index contributed by atoms with van der Waals surface area (Å²) < 4.78 is 9.32. The Balaban J connectivity index is 2.52. The zero-order chi connectivity index (χ0) is 12.3. The molecule has 0 atom stereocenters. The van der Waals surface area contributed by atoms with Gasteiger partial charge in [-0.1, -0.05) is 30.3 Å². The van der Waals surface area contributed by atoms with Crippen LogP contribution in [0.2, 0.25) is 0 Å². The molecule has 0 aliphatic carbocycles. The van der Waals surface area contributed by atoms with Crippen molar-refractivity contribution in [3.05, 3.63) is 58.6 Å². The van der Waals surface area contributed by atoms with Crippen LogP contribution in [0.4, 0.5) is 0 Å². The molecule has 0 unspecified atom stereocenters. The summed E-state index contributed by atoms with van der Waals surface area (Å²) in [5.74, 6) is -0.698. The van der Waals surface area contributed by atoms with Crippen molar-refractivity contribution in [2.75, 3.05) is 7.11 Å². The highest BCUT2D eigenvalue weighted by Gasteiger charge is 2.13. The number of hydrogen-bond donors (Lipinski definition) is 0. The van der Waals surface area contributed by atoms with E-state index >= 15 is 0 Å². The third kappa shape index (κ3) is 2.25. The molecule has 1 aromatic heterocycles. The Morgan fingerprint density at radius 1 is 1.18 bits per heavy atom. The van der Waals surface area contributed by atoms with Crippen LogP contribution in [0.1, 0.15) is 10.4 Å². The molecule has 0 bridgehead atoms. The van der Waals surface area contributed by atoms with E-state index in [1.807, 2.05) is 30.3 Å². The molecule has 0 saturated carbocycles. The van der Waals surface area contributed by atoms with Crippen LogP contribution in [-0.4, -0.2) is 13.1 Å². The van der Waals surface area contributed by atoms with E-state index in [4.69, 9.17) is 4.42 Å². The third-order valence-electron chi connectivity index (χ3n) is 2.33. The predicted octanol–water partition coefficient (Wildman–Crippen LogP) is 2.09. The van der Waals surface area contributed by atoms with E-state index in [9.17, 15) is 9.59 Å². The van der Waals surface area contributed by atoms with E-state index in [1.165, 1.54) is 19.4 Å². The zero-order valence-electron chi connectivity index (χ0n) is 9.17. The number of ether oxygens (including phenoxy) is 1. The minimum Gasteiger partial charge on any atom is -0.465 e. The van der Waals surface area contributed by atoms with Gasteiger partial charge in [0, 0.05) is 5.56 Å². The van der Waals surface area contributed by atoms with Gasteiger partial charge in [-0.2, -0.15) is 0 Å². The molecule has 0 spiro atoms. The SMILES string of the molecule is COC(=O)c1cc(-c2ccccc2)coc1=O. The van der Waals surface area contributed by atoms with Crippen LogP contribution in [0.25, 0.3) is 11.1 Å². The van der Waals surface area contributed by atoms with E-state index in [0.717, 1.165) is 5.56 Å². The summed E-state index contributed by atoms with van der Waals surface area (Å²) in [6.07, 6.45) is 1.32. The Hall–Kier alpha value is -2.36. The van der Waals surface area contributed by atoms with E-state index < -0.39 is 11.6 Å². The number of carbonyl (C=O) groups is 1. The van der Waals surface area contributed by atoms with Crippen LogP contribution in [0.3, 0.4) is 0 Å². The highest BCUT2D eigenvalue weighted by molar-refractivity contribution is 5.90. The van der Waals surface area contributed by atoms with Crippen molar-refractivity contribution in [2.45, 2.75) is 0 Å². The molecule has 2 aromatic rings. The third-order valence-corrected chi connectivity index (χ3v) is 2.33. The molecule has 2 rings (SSSR count). The molecule has 1 heterocycles. The number of esters is 1. The van der Waals surface area contributed by atoms with Crippen molar-refractivity contribution in [1.29, 1.82) is 0 Å². The number of rotatable bonds is 2. The van der Waals surface area contributed by atoms with Crippen LogP contribution in [-0.2, 0) is 4.74 Å².